The molecule has 0 bridgehead atoms. The van der Waals surface area contributed by atoms with Crippen molar-refractivity contribution in [3.63, 3.8) is 0 Å². The molecule has 0 amide bonds. The maximum atomic E-state index is 11.8. The molecule has 0 aromatic heterocycles. The predicted octanol–water partition coefficient (Wildman–Crippen LogP) is 3.12. The smallest absolute Gasteiger partial charge is 0.335 e. The predicted molar refractivity (Wildman–Crippen MR) is 96.4 cm³/mol. The van der Waals surface area contributed by atoms with Crippen LogP contribution in [0.4, 0.5) is 0 Å². The molecule has 0 saturated carbocycles. The first-order chi connectivity index (χ1) is 12.8. The summed E-state index contributed by atoms with van der Waals surface area (Å²) in [6.45, 7) is 1.24. The third-order valence-corrected chi connectivity index (χ3v) is 4.40. The fourth-order valence-corrected chi connectivity index (χ4v) is 2.93. The Hall–Kier alpha value is -2.21. The van der Waals surface area contributed by atoms with Crippen LogP contribution in [-0.4, -0.2) is 38.0 Å². The van der Waals surface area contributed by atoms with Crippen LogP contribution in [0.5, 0.6) is 0 Å². The molecule has 2 aromatic carbocycles. The molecule has 0 spiro atoms. The van der Waals surface area contributed by atoms with Gasteiger partial charge in [0.25, 0.3) is 0 Å². The second-order valence-corrected chi connectivity index (χ2v) is 6.25. The van der Waals surface area contributed by atoms with E-state index in [2.05, 4.69) is 0 Å². The van der Waals surface area contributed by atoms with Crippen molar-refractivity contribution >= 4 is 5.97 Å². The number of esters is 1. The zero-order valence-electron chi connectivity index (χ0n) is 14.9. The van der Waals surface area contributed by atoms with E-state index in [1.54, 1.807) is 0 Å². The van der Waals surface area contributed by atoms with Crippen molar-refractivity contribution in [2.24, 2.45) is 0 Å². The highest BCUT2D eigenvalue weighted by atomic mass is 16.6. The molecule has 26 heavy (non-hydrogen) atoms. The van der Waals surface area contributed by atoms with Crippen LogP contribution in [0.15, 0.2) is 60.7 Å². The monoisotopic (exact) mass is 356 g/mol. The summed E-state index contributed by atoms with van der Waals surface area (Å²) >= 11 is 0. The lowest BCUT2D eigenvalue weighted by Gasteiger charge is -2.35. The van der Waals surface area contributed by atoms with E-state index in [0.717, 1.165) is 11.1 Å². The molecule has 2 aromatic rings. The van der Waals surface area contributed by atoms with E-state index in [1.165, 1.54) is 7.11 Å². The first kappa shape index (κ1) is 18.6. The molecular formula is C21H24O5. The van der Waals surface area contributed by atoms with Crippen LogP contribution in [0, 0.1) is 0 Å². The highest BCUT2D eigenvalue weighted by Gasteiger charge is 2.36. The Labute approximate surface area is 153 Å². The molecule has 5 nitrogen and oxygen atoms in total. The third kappa shape index (κ3) is 5.14. The molecule has 1 saturated heterocycles. The number of hydrogen-bond acceptors (Lipinski definition) is 5. The van der Waals surface area contributed by atoms with Gasteiger partial charge in [0.2, 0.25) is 0 Å². The summed E-state index contributed by atoms with van der Waals surface area (Å²) in [7, 11) is 1.36. The van der Waals surface area contributed by atoms with Crippen molar-refractivity contribution in [2.45, 2.75) is 37.9 Å². The fourth-order valence-electron chi connectivity index (χ4n) is 2.93. The Bertz CT molecular complexity index is 673. The lowest BCUT2D eigenvalue weighted by molar-refractivity contribution is -0.189. The van der Waals surface area contributed by atoms with Gasteiger partial charge in [-0.2, -0.15) is 0 Å². The minimum absolute atomic E-state index is 0.236. The standard InChI is InChI=1S/C21H24O5/c1-23-21(22)19-12-18(24-13-16-8-4-2-5-9-16)20(15-26-19)25-14-17-10-6-3-7-11-17/h2-11,18-20H,12-15H2,1H3. The number of methoxy groups -OCH3 is 1. The highest BCUT2D eigenvalue weighted by Crippen LogP contribution is 2.23. The van der Waals surface area contributed by atoms with Gasteiger partial charge in [0.05, 0.1) is 33.0 Å². The normalized spacial score (nSPS) is 22.7. The third-order valence-electron chi connectivity index (χ3n) is 4.40. The average Bonchev–Trinajstić information content (AvgIpc) is 2.72. The number of ether oxygens (including phenoxy) is 4. The molecule has 138 valence electrons. The Morgan fingerprint density at radius 1 is 0.923 bits per heavy atom. The lowest BCUT2D eigenvalue weighted by Crippen LogP contribution is -2.47. The molecule has 1 heterocycles. The number of carbonyl (C=O) groups excluding carboxylic acids is 1. The van der Waals surface area contributed by atoms with Crippen LogP contribution in [0.2, 0.25) is 0 Å². The molecule has 0 N–H and O–H groups in total. The van der Waals surface area contributed by atoms with Gasteiger partial charge in [-0.15, -0.1) is 0 Å². The van der Waals surface area contributed by atoms with Crippen molar-refractivity contribution in [1.82, 2.24) is 0 Å². The molecule has 3 rings (SSSR count). The maximum Gasteiger partial charge on any atom is 0.335 e. The first-order valence-electron chi connectivity index (χ1n) is 8.76. The van der Waals surface area contributed by atoms with Crippen molar-refractivity contribution < 1.29 is 23.7 Å². The van der Waals surface area contributed by atoms with Gasteiger partial charge in [-0.05, 0) is 11.1 Å². The summed E-state index contributed by atoms with van der Waals surface area (Å²) in [5, 5.41) is 0. The van der Waals surface area contributed by atoms with Crippen molar-refractivity contribution in [2.75, 3.05) is 13.7 Å². The molecule has 1 aliphatic rings. The molecule has 3 atom stereocenters. The number of carbonyl (C=O) groups is 1. The van der Waals surface area contributed by atoms with Crippen LogP contribution in [-0.2, 0) is 37.0 Å². The summed E-state index contributed by atoms with van der Waals surface area (Å²) in [5.41, 5.74) is 2.17. The van der Waals surface area contributed by atoms with E-state index in [1.807, 2.05) is 60.7 Å². The summed E-state index contributed by atoms with van der Waals surface area (Å²) in [5.74, 6) is -0.375. The zero-order chi connectivity index (χ0) is 18.2. The SMILES string of the molecule is COC(=O)C1CC(OCc2ccccc2)C(OCc2ccccc2)CO1. The van der Waals surface area contributed by atoms with Crippen LogP contribution in [0.25, 0.3) is 0 Å². The largest absolute Gasteiger partial charge is 0.467 e. The Morgan fingerprint density at radius 2 is 1.46 bits per heavy atom. The Kier molecular flexibility index (Phi) is 6.77. The average molecular weight is 356 g/mol. The quantitative estimate of drug-likeness (QED) is 0.714. The van der Waals surface area contributed by atoms with Crippen LogP contribution in [0.3, 0.4) is 0 Å². The van der Waals surface area contributed by atoms with E-state index >= 15 is 0 Å². The number of hydrogen-bond donors (Lipinski definition) is 0. The van der Waals surface area contributed by atoms with E-state index in [4.69, 9.17) is 18.9 Å². The molecule has 0 aliphatic carbocycles. The van der Waals surface area contributed by atoms with Crippen molar-refractivity contribution in [3.8, 4) is 0 Å². The number of benzene rings is 2. The minimum atomic E-state index is -0.614. The van der Waals surface area contributed by atoms with E-state index < -0.39 is 6.10 Å². The minimum Gasteiger partial charge on any atom is -0.467 e. The van der Waals surface area contributed by atoms with Gasteiger partial charge in [-0.3, -0.25) is 0 Å². The van der Waals surface area contributed by atoms with Crippen LogP contribution >= 0.6 is 0 Å². The van der Waals surface area contributed by atoms with Crippen LogP contribution < -0.4 is 0 Å². The van der Waals surface area contributed by atoms with Crippen molar-refractivity contribution in [1.29, 1.82) is 0 Å². The summed E-state index contributed by atoms with van der Waals surface area (Å²) in [6, 6.07) is 19.9. The first-order valence-corrected chi connectivity index (χ1v) is 8.76. The Morgan fingerprint density at radius 3 is 2.00 bits per heavy atom. The maximum absolute atomic E-state index is 11.8. The second kappa shape index (κ2) is 9.48. The summed E-state index contributed by atoms with van der Waals surface area (Å²) in [4.78, 5) is 11.8. The molecule has 3 unspecified atom stereocenters. The Balaban J connectivity index is 1.62. The summed E-state index contributed by atoms with van der Waals surface area (Å²) in [6.07, 6.45) is -0.673. The molecule has 5 heteroatoms. The molecule has 1 fully saturated rings. The number of rotatable bonds is 7. The second-order valence-electron chi connectivity index (χ2n) is 6.25. The van der Waals surface area contributed by atoms with E-state index in [0.29, 0.717) is 26.2 Å². The van der Waals surface area contributed by atoms with Gasteiger partial charge in [0.1, 0.15) is 6.10 Å². The van der Waals surface area contributed by atoms with Gasteiger partial charge in [0.15, 0.2) is 6.10 Å². The van der Waals surface area contributed by atoms with Gasteiger partial charge in [-0.1, -0.05) is 60.7 Å². The van der Waals surface area contributed by atoms with Crippen molar-refractivity contribution in [3.05, 3.63) is 71.8 Å². The summed E-state index contributed by atoms with van der Waals surface area (Å²) < 4.78 is 22.6. The van der Waals surface area contributed by atoms with Gasteiger partial charge in [-0.25, -0.2) is 4.79 Å². The van der Waals surface area contributed by atoms with Gasteiger partial charge >= 0.3 is 5.97 Å². The van der Waals surface area contributed by atoms with Gasteiger partial charge in [0, 0.05) is 6.42 Å². The molecule has 0 radical (unpaired) electrons. The fraction of sp³-hybridized carbons (Fsp3) is 0.381. The molecular weight excluding hydrogens is 332 g/mol. The topological polar surface area (TPSA) is 54.0 Å². The van der Waals surface area contributed by atoms with E-state index in [9.17, 15) is 4.79 Å². The lowest BCUT2D eigenvalue weighted by atomic mass is 10.0. The van der Waals surface area contributed by atoms with E-state index in [-0.39, 0.29) is 18.2 Å². The zero-order valence-corrected chi connectivity index (χ0v) is 14.9. The molecule has 1 aliphatic heterocycles. The highest BCUT2D eigenvalue weighted by molar-refractivity contribution is 5.74. The van der Waals surface area contributed by atoms with Gasteiger partial charge < -0.3 is 18.9 Å². The van der Waals surface area contributed by atoms with Crippen LogP contribution in [0.1, 0.15) is 17.5 Å².